The summed E-state index contributed by atoms with van der Waals surface area (Å²) in [5.41, 5.74) is -1.05. The van der Waals surface area contributed by atoms with Crippen molar-refractivity contribution >= 4 is 5.91 Å². The highest BCUT2D eigenvalue weighted by Gasteiger charge is 2.33. The number of aliphatic hydroxyl groups is 1. The fourth-order valence-corrected chi connectivity index (χ4v) is 2.57. The molecule has 1 aliphatic carbocycles. The Balaban J connectivity index is 2.10. The molecule has 3 nitrogen and oxygen atoms in total. The number of carbonyl (C=O) groups excluding carboxylic acids is 1. The number of hydrogen-bond acceptors (Lipinski definition) is 2. The van der Waals surface area contributed by atoms with Crippen LogP contribution < -0.4 is 0 Å². The Morgan fingerprint density at radius 3 is 2.58 bits per heavy atom. The molecule has 5 heteroatoms. The molecule has 0 aromatic heterocycles. The van der Waals surface area contributed by atoms with E-state index in [1.54, 1.807) is 0 Å². The molecule has 1 aromatic rings. The van der Waals surface area contributed by atoms with Gasteiger partial charge in [0.05, 0.1) is 11.2 Å². The van der Waals surface area contributed by atoms with Gasteiger partial charge in [0.25, 0.3) is 5.91 Å². The SMILES string of the molecule is CN(CC1(O)CCCC1)C(=O)c1ccc(F)cc1F. The normalized spacial score (nSPS) is 17.5. The van der Waals surface area contributed by atoms with Gasteiger partial charge in [-0.3, -0.25) is 4.79 Å². The second-order valence-corrected chi connectivity index (χ2v) is 5.22. The van der Waals surface area contributed by atoms with Gasteiger partial charge in [0.15, 0.2) is 0 Å². The lowest BCUT2D eigenvalue weighted by Crippen LogP contribution is -2.42. The van der Waals surface area contributed by atoms with E-state index in [2.05, 4.69) is 0 Å². The molecule has 0 saturated heterocycles. The van der Waals surface area contributed by atoms with E-state index in [9.17, 15) is 18.7 Å². The predicted octanol–water partition coefficient (Wildman–Crippen LogP) is 2.34. The number of hydrogen-bond donors (Lipinski definition) is 1. The summed E-state index contributed by atoms with van der Waals surface area (Å²) in [5, 5.41) is 10.2. The van der Waals surface area contributed by atoms with Crippen molar-refractivity contribution in [3.8, 4) is 0 Å². The van der Waals surface area contributed by atoms with Gasteiger partial charge in [-0.2, -0.15) is 0 Å². The molecule has 0 radical (unpaired) electrons. The van der Waals surface area contributed by atoms with Gasteiger partial charge in [0.1, 0.15) is 11.6 Å². The predicted molar refractivity (Wildman–Crippen MR) is 66.7 cm³/mol. The molecule has 1 saturated carbocycles. The van der Waals surface area contributed by atoms with Crippen molar-refractivity contribution in [2.75, 3.05) is 13.6 Å². The molecular formula is C14H17F2NO2. The third kappa shape index (κ3) is 3.10. The molecule has 0 bridgehead atoms. The lowest BCUT2D eigenvalue weighted by atomic mass is 10.0. The van der Waals surface area contributed by atoms with E-state index in [-0.39, 0.29) is 12.1 Å². The third-order valence-electron chi connectivity index (χ3n) is 3.57. The minimum absolute atomic E-state index is 0.169. The molecule has 2 rings (SSSR count). The molecule has 0 spiro atoms. The zero-order valence-electron chi connectivity index (χ0n) is 10.8. The number of amides is 1. The van der Waals surface area contributed by atoms with Crippen LogP contribution in [0.3, 0.4) is 0 Å². The molecule has 1 N–H and O–H groups in total. The summed E-state index contributed by atoms with van der Waals surface area (Å²) in [5.74, 6) is -2.14. The van der Waals surface area contributed by atoms with E-state index in [1.807, 2.05) is 0 Å². The maximum absolute atomic E-state index is 13.5. The van der Waals surface area contributed by atoms with Crippen molar-refractivity contribution in [2.45, 2.75) is 31.3 Å². The Hall–Kier alpha value is -1.49. The standard InChI is InChI=1S/C14H17F2NO2/c1-17(9-14(19)6-2-3-7-14)13(18)11-5-4-10(15)8-12(11)16/h4-5,8,19H,2-3,6-7,9H2,1H3. The number of nitrogens with zero attached hydrogens (tertiary/aromatic N) is 1. The first-order valence-corrected chi connectivity index (χ1v) is 6.34. The molecule has 1 fully saturated rings. The minimum atomic E-state index is -0.879. The number of benzene rings is 1. The minimum Gasteiger partial charge on any atom is -0.388 e. The smallest absolute Gasteiger partial charge is 0.256 e. The quantitative estimate of drug-likeness (QED) is 0.915. The largest absolute Gasteiger partial charge is 0.388 e. The molecule has 104 valence electrons. The lowest BCUT2D eigenvalue weighted by molar-refractivity contribution is 0.0155. The van der Waals surface area contributed by atoms with E-state index < -0.39 is 23.1 Å². The summed E-state index contributed by atoms with van der Waals surface area (Å²) in [7, 11) is 1.52. The van der Waals surface area contributed by atoms with Crippen molar-refractivity contribution in [3.05, 3.63) is 35.4 Å². The van der Waals surface area contributed by atoms with Crippen molar-refractivity contribution in [1.82, 2.24) is 4.90 Å². The van der Waals surface area contributed by atoms with Crippen LogP contribution in [0.25, 0.3) is 0 Å². The average Bonchev–Trinajstić information content (AvgIpc) is 2.75. The van der Waals surface area contributed by atoms with Crippen LogP contribution in [0.5, 0.6) is 0 Å². The summed E-state index contributed by atoms with van der Waals surface area (Å²) in [6.07, 6.45) is 3.17. The Kier molecular flexibility index (Phi) is 3.85. The van der Waals surface area contributed by atoms with Crippen molar-refractivity contribution in [1.29, 1.82) is 0 Å². The molecule has 1 amide bonds. The Morgan fingerprint density at radius 2 is 2.00 bits per heavy atom. The summed E-state index contributed by atoms with van der Waals surface area (Å²) in [4.78, 5) is 13.4. The fraction of sp³-hybridized carbons (Fsp3) is 0.500. The molecule has 1 aromatic carbocycles. The van der Waals surface area contributed by atoms with Crippen LogP contribution in [-0.4, -0.2) is 35.1 Å². The molecular weight excluding hydrogens is 252 g/mol. The van der Waals surface area contributed by atoms with E-state index in [4.69, 9.17) is 0 Å². The van der Waals surface area contributed by atoms with E-state index in [1.165, 1.54) is 11.9 Å². The van der Waals surface area contributed by atoms with Crippen LogP contribution in [0.1, 0.15) is 36.0 Å². The van der Waals surface area contributed by atoms with Gasteiger partial charge in [-0.05, 0) is 25.0 Å². The van der Waals surface area contributed by atoms with Gasteiger partial charge in [0, 0.05) is 19.7 Å². The molecule has 19 heavy (non-hydrogen) atoms. The van der Waals surface area contributed by atoms with E-state index >= 15 is 0 Å². The van der Waals surface area contributed by atoms with Gasteiger partial charge in [-0.1, -0.05) is 12.8 Å². The molecule has 0 unspecified atom stereocenters. The van der Waals surface area contributed by atoms with Gasteiger partial charge < -0.3 is 10.0 Å². The number of likely N-dealkylation sites (N-methyl/N-ethyl adjacent to an activating group) is 1. The molecule has 0 heterocycles. The van der Waals surface area contributed by atoms with Gasteiger partial charge in [0.2, 0.25) is 0 Å². The Morgan fingerprint density at radius 1 is 1.37 bits per heavy atom. The Labute approximate surface area is 110 Å². The summed E-state index contributed by atoms with van der Waals surface area (Å²) in [6, 6.07) is 2.86. The topological polar surface area (TPSA) is 40.5 Å². The highest BCUT2D eigenvalue weighted by molar-refractivity contribution is 5.94. The third-order valence-corrected chi connectivity index (χ3v) is 3.57. The zero-order valence-corrected chi connectivity index (χ0v) is 10.8. The van der Waals surface area contributed by atoms with Crippen LogP contribution in [0, 0.1) is 11.6 Å². The zero-order chi connectivity index (χ0) is 14.0. The lowest BCUT2D eigenvalue weighted by Gasteiger charge is -2.28. The van der Waals surface area contributed by atoms with Crippen LogP contribution in [-0.2, 0) is 0 Å². The first kappa shape index (κ1) is 13.9. The van der Waals surface area contributed by atoms with Gasteiger partial charge in [-0.25, -0.2) is 8.78 Å². The summed E-state index contributed by atoms with van der Waals surface area (Å²) < 4.78 is 26.3. The highest BCUT2D eigenvalue weighted by Crippen LogP contribution is 2.30. The maximum atomic E-state index is 13.5. The van der Waals surface area contributed by atoms with Crippen LogP contribution in [0.2, 0.25) is 0 Å². The fourth-order valence-electron chi connectivity index (χ4n) is 2.57. The van der Waals surface area contributed by atoms with Crippen molar-refractivity contribution in [2.24, 2.45) is 0 Å². The van der Waals surface area contributed by atoms with Crippen LogP contribution in [0.4, 0.5) is 8.78 Å². The monoisotopic (exact) mass is 269 g/mol. The van der Waals surface area contributed by atoms with E-state index in [0.717, 1.165) is 25.0 Å². The van der Waals surface area contributed by atoms with Gasteiger partial charge in [-0.15, -0.1) is 0 Å². The summed E-state index contributed by atoms with van der Waals surface area (Å²) >= 11 is 0. The van der Waals surface area contributed by atoms with Crippen LogP contribution >= 0.6 is 0 Å². The summed E-state index contributed by atoms with van der Waals surface area (Å²) in [6.45, 7) is 0.169. The first-order chi connectivity index (χ1) is 8.91. The number of halogens is 2. The average molecular weight is 269 g/mol. The maximum Gasteiger partial charge on any atom is 0.256 e. The Bertz CT molecular complexity index is 484. The second kappa shape index (κ2) is 5.25. The van der Waals surface area contributed by atoms with Crippen molar-refractivity contribution < 1.29 is 18.7 Å². The molecule has 0 atom stereocenters. The molecule has 0 aliphatic heterocycles. The number of carbonyl (C=O) groups is 1. The van der Waals surface area contributed by atoms with Crippen molar-refractivity contribution in [3.63, 3.8) is 0 Å². The van der Waals surface area contributed by atoms with Crippen LogP contribution in [0.15, 0.2) is 18.2 Å². The molecule has 1 aliphatic rings. The van der Waals surface area contributed by atoms with E-state index in [0.29, 0.717) is 18.9 Å². The second-order valence-electron chi connectivity index (χ2n) is 5.22. The van der Waals surface area contributed by atoms with Gasteiger partial charge >= 0.3 is 0 Å². The highest BCUT2D eigenvalue weighted by atomic mass is 19.1. The number of rotatable bonds is 3. The first-order valence-electron chi connectivity index (χ1n) is 6.34.